The number of nitrogens with zero attached hydrogens (tertiary/aromatic N) is 1. The highest BCUT2D eigenvalue weighted by Gasteiger charge is 2.18. The van der Waals surface area contributed by atoms with E-state index in [2.05, 4.69) is 17.5 Å². The molecule has 0 aliphatic carbocycles. The quantitative estimate of drug-likeness (QED) is 0.602. The zero-order chi connectivity index (χ0) is 12.8. The first-order chi connectivity index (χ1) is 8.00. The molecule has 92 valence electrons. The van der Waals surface area contributed by atoms with Crippen LogP contribution in [0.3, 0.4) is 0 Å². The Morgan fingerprint density at radius 3 is 2.82 bits per heavy atom. The summed E-state index contributed by atoms with van der Waals surface area (Å²) in [6.45, 7) is 0.448. The Kier molecular flexibility index (Phi) is 5.05. The molecule has 0 fully saturated rings. The first-order valence-electron chi connectivity index (χ1n) is 4.84. The van der Waals surface area contributed by atoms with Crippen LogP contribution in [-0.4, -0.2) is 35.3 Å². The van der Waals surface area contributed by atoms with E-state index in [9.17, 15) is 9.59 Å². The number of hydrogen-bond acceptors (Lipinski definition) is 4. The number of nitrogens with one attached hydrogen (secondary N) is 1. The standard InChI is InChI=1S/C10H13N3O2S2/c1-13(6-7-3-2-4-17-7)10(15)9(14)12-5-8(11)16/h2-4H,5-6H2,1H3,(H2,11,16)(H,12,14). The molecule has 3 N–H and O–H groups in total. The minimum absolute atomic E-state index is 0.0345. The second-order valence-electron chi connectivity index (χ2n) is 3.39. The van der Waals surface area contributed by atoms with E-state index < -0.39 is 11.8 Å². The van der Waals surface area contributed by atoms with Crippen LogP contribution < -0.4 is 11.1 Å². The minimum atomic E-state index is -0.697. The number of likely N-dealkylation sites (N-methyl/N-ethyl adjacent to an activating group) is 1. The lowest BCUT2D eigenvalue weighted by atomic mass is 10.4. The zero-order valence-electron chi connectivity index (χ0n) is 9.30. The van der Waals surface area contributed by atoms with Crippen molar-refractivity contribution in [2.45, 2.75) is 6.54 Å². The smallest absolute Gasteiger partial charge is 0.311 e. The van der Waals surface area contributed by atoms with E-state index in [1.807, 2.05) is 17.5 Å². The lowest BCUT2D eigenvalue weighted by Crippen LogP contribution is -2.43. The molecule has 0 atom stereocenters. The van der Waals surface area contributed by atoms with Crippen molar-refractivity contribution < 1.29 is 9.59 Å². The number of hydrogen-bond donors (Lipinski definition) is 2. The van der Waals surface area contributed by atoms with Gasteiger partial charge in [0.1, 0.15) is 0 Å². The van der Waals surface area contributed by atoms with Gasteiger partial charge in [0.15, 0.2) is 0 Å². The Morgan fingerprint density at radius 1 is 1.59 bits per heavy atom. The second-order valence-corrected chi connectivity index (χ2v) is 4.95. The van der Waals surface area contributed by atoms with Crippen molar-refractivity contribution in [3.05, 3.63) is 22.4 Å². The minimum Gasteiger partial charge on any atom is -0.392 e. The van der Waals surface area contributed by atoms with Crippen LogP contribution in [0.15, 0.2) is 17.5 Å². The zero-order valence-corrected chi connectivity index (χ0v) is 10.9. The number of carbonyl (C=O) groups is 2. The normalized spacial score (nSPS) is 9.71. The highest BCUT2D eigenvalue weighted by molar-refractivity contribution is 7.80. The fourth-order valence-corrected chi connectivity index (χ4v) is 1.95. The molecule has 0 radical (unpaired) electrons. The SMILES string of the molecule is CN(Cc1cccs1)C(=O)C(=O)NCC(N)=S. The summed E-state index contributed by atoms with van der Waals surface area (Å²) >= 11 is 6.13. The number of nitrogens with two attached hydrogens (primary N) is 1. The van der Waals surface area contributed by atoms with Crippen molar-refractivity contribution in [3.8, 4) is 0 Å². The van der Waals surface area contributed by atoms with Crippen LogP contribution in [0.5, 0.6) is 0 Å². The molecular weight excluding hydrogens is 258 g/mol. The molecule has 0 aliphatic heterocycles. The maximum absolute atomic E-state index is 11.6. The molecule has 2 amide bonds. The van der Waals surface area contributed by atoms with E-state index in [4.69, 9.17) is 5.73 Å². The van der Waals surface area contributed by atoms with E-state index in [0.29, 0.717) is 6.54 Å². The van der Waals surface area contributed by atoms with Gasteiger partial charge in [-0.1, -0.05) is 18.3 Å². The van der Waals surface area contributed by atoms with Gasteiger partial charge in [0.2, 0.25) is 0 Å². The lowest BCUT2D eigenvalue weighted by Gasteiger charge is -2.15. The van der Waals surface area contributed by atoms with Crippen LogP contribution in [0.4, 0.5) is 0 Å². The summed E-state index contributed by atoms with van der Waals surface area (Å²) in [5.41, 5.74) is 5.22. The molecule has 1 heterocycles. The number of thiophene rings is 1. The molecule has 7 heteroatoms. The highest BCUT2D eigenvalue weighted by atomic mass is 32.1. The Morgan fingerprint density at radius 2 is 2.29 bits per heavy atom. The number of thiocarbonyl (C=S) groups is 1. The third-order valence-electron chi connectivity index (χ3n) is 1.94. The number of carbonyl (C=O) groups excluding carboxylic acids is 2. The van der Waals surface area contributed by atoms with Crippen LogP contribution in [0, 0.1) is 0 Å². The fourth-order valence-electron chi connectivity index (χ4n) is 1.12. The Labute approximate surface area is 109 Å². The Balaban J connectivity index is 2.46. The largest absolute Gasteiger partial charge is 0.392 e. The molecule has 0 unspecified atom stereocenters. The van der Waals surface area contributed by atoms with Crippen LogP contribution in [0.2, 0.25) is 0 Å². The fraction of sp³-hybridized carbons (Fsp3) is 0.300. The van der Waals surface area contributed by atoms with Crippen molar-refractivity contribution in [1.29, 1.82) is 0 Å². The lowest BCUT2D eigenvalue weighted by molar-refractivity contribution is -0.145. The van der Waals surface area contributed by atoms with E-state index in [1.165, 1.54) is 16.2 Å². The second kappa shape index (κ2) is 6.31. The third kappa shape index (κ3) is 4.49. The maximum Gasteiger partial charge on any atom is 0.311 e. The van der Waals surface area contributed by atoms with Gasteiger partial charge in [0.05, 0.1) is 18.1 Å². The average molecular weight is 271 g/mol. The van der Waals surface area contributed by atoms with E-state index >= 15 is 0 Å². The van der Waals surface area contributed by atoms with Gasteiger partial charge >= 0.3 is 11.8 Å². The van der Waals surface area contributed by atoms with Crippen molar-refractivity contribution in [2.24, 2.45) is 5.73 Å². The predicted octanol–water partition coefficient (Wildman–Crippen LogP) is 0.109. The van der Waals surface area contributed by atoms with Gasteiger partial charge < -0.3 is 16.0 Å². The van der Waals surface area contributed by atoms with E-state index in [0.717, 1.165) is 4.88 Å². The van der Waals surface area contributed by atoms with Crippen molar-refractivity contribution >= 4 is 40.4 Å². The molecule has 0 spiro atoms. The van der Waals surface area contributed by atoms with Crippen molar-refractivity contribution in [3.63, 3.8) is 0 Å². The van der Waals surface area contributed by atoms with Gasteiger partial charge in [-0.2, -0.15) is 0 Å². The van der Waals surface area contributed by atoms with Gasteiger partial charge in [0.25, 0.3) is 0 Å². The van der Waals surface area contributed by atoms with Gasteiger partial charge in [-0.15, -0.1) is 11.3 Å². The molecule has 0 bridgehead atoms. The molecule has 1 aromatic rings. The Hall–Kier alpha value is -1.47. The first kappa shape index (κ1) is 13.6. The van der Waals surface area contributed by atoms with Crippen molar-refractivity contribution in [2.75, 3.05) is 13.6 Å². The number of rotatable bonds is 4. The summed E-state index contributed by atoms with van der Waals surface area (Å²) in [6.07, 6.45) is 0. The van der Waals surface area contributed by atoms with E-state index in [1.54, 1.807) is 7.05 Å². The summed E-state index contributed by atoms with van der Waals surface area (Å²) in [5, 5.41) is 4.27. The Bertz CT molecular complexity index is 417. The van der Waals surface area contributed by atoms with Crippen molar-refractivity contribution in [1.82, 2.24) is 10.2 Å². The molecule has 1 rings (SSSR count). The van der Waals surface area contributed by atoms with Crippen LogP contribution in [0.1, 0.15) is 4.88 Å². The summed E-state index contributed by atoms with van der Waals surface area (Å²) in [4.78, 5) is 25.5. The summed E-state index contributed by atoms with van der Waals surface area (Å²) in [6, 6.07) is 3.80. The molecule has 0 aliphatic rings. The summed E-state index contributed by atoms with van der Waals surface area (Å²) in [5.74, 6) is -1.30. The van der Waals surface area contributed by atoms with Gasteiger partial charge in [0, 0.05) is 11.9 Å². The molecule has 0 saturated carbocycles. The van der Waals surface area contributed by atoms with Crippen LogP contribution in [-0.2, 0) is 16.1 Å². The summed E-state index contributed by atoms with van der Waals surface area (Å²) in [7, 11) is 1.57. The first-order valence-corrected chi connectivity index (χ1v) is 6.13. The van der Waals surface area contributed by atoms with E-state index in [-0.39, 0.29) is 11.5 Å². The predicted molar refractivity (Wildman–Crippen MR) is 70.6 cm³/mol. The highest BCUT2D eigenvalue weighted by Crippen LogP contribution is 2.10. The van der Waals surface area contributed by atoms with Crippen LogP contribution in [0.25, 0.3) is 0 Å². The average Bonchev–Trinajstić information content (AvgIpc) is 2.77. The molecule has 17 heavy (non-hydrogen) atoms. The number of amides is 2. The molecule has 0 saturated heterocycles. The summed E-state index contributed by atoms with van der Waals surface area (Å²) < 4.78 is 0. The molecule has 5 nitrogen and oxygen atoms in total. The van der Waals surface area contributed by atoms with Gasteiger partial charge in [-0.25, -0.2) is 0 Å². The molecular formula is C10H13N3O2S2. The molecule has 1 aromatic heterocycles. The molecule has 0 aromatic carbocycles. The third-order valence-corrected chi connectivity index (χ3v) is 2.94. The monoisotopic (exact) mass is 271 g/mol. The maximum atomic E-state index is 11.6. The topological polar surface area (TPSA) is 75.4 Å². The van der Waals surface area contributed by atoms with Gasteiger partial charge in [-0.05, 0) is 11.4 Å². The van der Waals surface area contributed by atoms with Crippen LogP contribution >= 0.6 is 23.6 Å². The van der Waals surface area contributed by atoms with Gasteiger partial charge in [-0.3, -0.25) is 9.59 Å².